The van der Waals surface area contributed by atoms with E-state index in [-0.39, 0.29) is 0 Å². The first kappa shape index (κ1) is 19.7. The van der Waals surface area contributed by atoms with E-state index in [0.29, 0.717) is 12.4 Å². The Bertz CT molecular complexity index is 375. The fourth-order valence-corrected chi connectivity index (χ4v) is 1.50. The highest BCUT2D eigenvalue weighted by Crippen LogP contribution is 2.29. The molecular weight excluding hydrogens is 279 g/mol. The number of pyridine rings is 1. The summed E-state index contributed by atoms with van der Waals surface area (Å²) in [5, 5.41) is 0. The summed E-state index contributed by atoms with van der Waals surface area (Å²) in [5.41, 5.74) is -0.713. The molecule has 0 N–H and O–H groups in total. The van der Waals surface area contributed by atoms with Gasteiger partial charge in [-0.05, 0) is 33.2 Å². The van der Waals surface area contributed by atoms with Gasteiger partial charge >= 0.3 is 6.18 Å². The second kappa shape index (κ2) is 9.60. The van der Waals surface area contributed by atoms with Crippen molar-refractivity contribution in [2.45, 2.75) is 33.4 Å². The Morgan fingerprint density at radius 3 is 1.95 bits per heavy atom. The average molecular weight is 305 g/mol. The number of likely N-dealkylation sites (N-methyl/N-ethyl adjacent to an activating group) is 2. The van der Waals surface area contributed by atoms with E-state index in [1.165, 1.54) is 12.5 Å². The van der Waals surface area contributed by atoms with E-state index in [0.717, 1.165) is 25.4 Å². The van der Waals surface area contributed by atoms with Crippen LogP contribution in [-0.2, 0) is 6.18 Å². The van der Waals surface area contributed by atoms with E-state index < -0.39 is 11.7 Å². The summed E-state index contributed by atoms with van der Waals surface area (Å²) >= 11 is 0. The van der Waals surface area contributed by atoms with Gasteiger partial charge in [0.15, 0.2) is 0 Å². The van der Waals surface area contributed by atoms with E-state index in [1.807, 2.05) is 30.8 Å². The van der Waals surface area contributed by atoms with Gasteiger partial charge in [-0.25, -0.2) is 4.98 Å². The van der Waals surface area contributed by atoms with Gasteiger partial charge in [-0.2, -0.15) is 13.2 Å². The molecule has 3 nitrogen and oxygen atoms in total. The van der Waals surface area contributed by atoms with Gasteiger partial charge in [0, 0.05) is 25.8 Å². The Hall–Kier alpha value is -1.30. The number of halogens is 3. The molecule has 0 saturated carbocycles. The van der Waals surface area contributed by atoms with Crippen LogP contribution in [0.1, 0.15) is 32.8 Å². The third-order valence-electron chi connectivity index (χ3n) is 2.60. The summed E-state index contributed by atoms with van der Waals surface area (Å²) in [4.78, 5) is 7.85. The fraction of sp³-hybridized carbons (Fsp3) is 0.667. The third-order valence-corrected chi connectivity index (χ3v) is 2.60. The van der Waals surface area contributed by atoms with Crippen LogP contribution in [0.2, 0.25) is 0 Å². The molecule has 0 aliphatic heterocycles. The molecule has 0 fully saturated rings. The van der Waals surface area contributed by atoms with E-state index in [2.05, 4.69) is 18.8 Å². The van der Waals surface area contributed by atoms with Gasteiger partial charge in [0.05, 0.1) is 5.56 Å². The van der Waals surface area contributed by atoms with Gasteiger partial charge in [-0.3, -0.25) is 0 Å². The lowest BCUT2D eigenvalue weighted by molar-refractivity contribution is -0.137. The Labute approximate surface area is 125 Å². The molecule has 21 heavy (non-hydrogen) atoms. The number of hydrogen-bond donors (Lipinski definition) is 0. The number of nitrogens with zero attached hydrogens (tertiary/aromatic N) is 3. The van der Waals surface area contributed by atoms with Crippen LogP contribution in [0.5, 0.6) is 0 Å². The molecule has 0 saturated heterocycles. The van der Waals surface area contributed by atoms with Crippen LogP contribution in [0.25, 0.3) is 0 Å². The van der Waals surface area contributed by atoms with Gasteiger partial charge in [0.2, 0.25) is 0 Å². The van der Waals surface area contributed by atoms with Crippen LogP contribution in [0, 0.1) is 0 Å². The molecule has 0 amide bonds. The van der Waals surface area contributed by atoms with Crippen molar-refractivity contribution in [1.82, 2.24) is 9.88 Å². The van der Waals surface area contributed by atoms with Crippen LogP contribution in [0.3, 0.4) is 0 Å². The van der Waals surface area contributed by atoms with Crippen molar-refractivity contribution in [1.29, 1.82) is 0 Å². The first-order valence-corrected chi connectivity index (χ1v) is 7.19. The monoisotopic (exact) mass is 305 g/mol. The van der Waals surface area contributed by atoms with Gasteiger partial charge in [0.1, 0.15) is 5.82 Å². The number of rotatable bonds is 5. The quantitative estimate of drug-likeness (QED) is 0.822. The zero-order chi connectivity index (χ0) is 16.5. The molecule has 1 aromatic rings. The molecule has 1 rings (SSSR count). The van der Waals surface area contributed by atoms with Crippen LogP contribution in [-0.4, -0.2) is 43.6 Å². The topological polar surface area (TPSA) is 19.4 Å². The molecule has 0 radical (unpaired) electrons. The maximum absolute atomic E-state index is 12.4. The molecule has 0 spiro atoms. The lowest BCUT2D eigenvalue weighted by Crippen LogP contribution is -2.32. The normalized spacial score (nSPS) is 11.1. The number of anilines is 1. The number of alkyl halides is 3. The Morgan fingerprint density at radius 1 is 1.05 bits per heavy atom. The predicted octanol–water partition coefficient (Wildman–Crippen LogP) is 3.90. The lowest BCUT2D eigenvalue weighted by atomic mass is 10.2. The molecule has 0 bridgehead atoms. The number of hydrogen-bond acceptors (Lipinski definition) is 3. The van der Waals surface area contributed by atoms with Gasteiger partial charge in [-0.15, -0.1) is 0 Å². The second-order valence-corrected chi connectivity index (χ2v) is 4.99. The standard InChI is InChI=1S/C12H18F3N3.C3H8/c1-4-18(8-7-17(2)3)11-6-5-10(9-16-11)12(13,14)15;1-3-2/h5-6,9H,4,7-8H2,1-3H3;3H2,1-2H3. The summed E-state index contributed by atoms with van der Waals surface area (Å²) in [6.45, 7) is 8.49. The lowest BCUT2D eigenvalue weighted by Gasteiger charge is -2.24. The average Bonchev–Trinajstić information content (AvgIpc) is 2.39. The fourth-order valence-electron chi connectivity index (χ4n) is 1.50. The van der Waals surface area contributed by atoms with E-state index in [9.17, 15) is 13.2 Å². The molecule has 0 aromatic carbocycles. The minimum atomic E-state index is -4.33. The van der Waals surface area contributed by atoms with E-state index in [4.69, 9.17) is 0 Å². The maximum Gasteiger partial charge on any atom is 0.417 e. The summed E-state index contributed by atoms with van der Waals surface area (Å²) in [5.74, 6) is 0.576. The summed E-state index contributed by atoms with van der Waals surface area (Å²) in [6.07, 6.45) is -2.19. The molecule has 0 atom stereocenters. The minimum Gasteiger partial charge on any atom is -0.356 e. The minimum absolute atomic E-state index is 0.576. The van der Waals surface area contributed by atoms with Crippen molar-refractivity contribution < 1.29 is 13.2 Å². The van der Waals surface area contributed by atoms with Crippen LogP contribution < -0.4 is 4.90 Å². The Balaban J connectivity index is 0.00000122. The van der Waals surface area contributed by atoms with Crippen LogP contribution in [0.4, 0.5) is 19.0 Å². The SMILES string of the molecule is CCC.CCN(CCN(C)C)c1ccc(C(F)(F)F)cn1. The predicted molar refractivity (Wildman–Crippen MR) is 81.6 cm³/mol. The molecule has 0 aliphatic carbocycles. The van der Waals surface area contributed by atoms with Gasteiger partial charge in [0.25, 0.3) is 0 Å². The van der Waals surface area contributed by atoms with Crippen molar-refractivity contribution in [2.75, 3.05) is 38.6 Å². The molecular formula is C15H26F3N3. The molecule has 122 valence electrons. The van der Waals surface area contributed by atoms with Crippen molar-refractivity contribution in [2.24, 2.45) is 0 Å². The molecule has 0 unspecified atom stereocenters. The van der Waals surface area contributed by atoms with Crippen molar-refractivity contribution in [3.05, 3.63) is 23.9 Å². The third kappa shape index (κ3) is 7.90. The molecule has 0 aliphatic rings. The summed E-state index contributed by atoms with van der Waals surface area (Å²) in [6, 6.07) is 2.49. The molecule has 6 heteroatoms. The highest BCUT2D eigenvalue weighted by molar-refractivity contribution is 5.39. The van der Waals surface area contributed by atoms with Crippen LogP contribution >= 0.6 is 0 Å². The van der Waals surface area contributed by atoms with E-state index in [1.54, 1.807) is 0 Å². The number of aromatic nitrogens is 1. The Morgan fingerprint density at radius 2 is 1.62 bits per heavy atom. The highest BCUT2D eigenvalue weighted by atomic mass is 19.4. The second-order valence-electron chi connectivity index (χ2n) is 4.99. The van der Waals surface area contributed by atoms with Crippen molar-refractivity contribution in [3.63, 3.8) is 0 Å². The molecule has 1 heterocycles. The van der Waals surface area contributed by atoms with Crippen molar-refractivity contribution in [3.8, 4) is 0 Å². The Kier molecular flexibility index (Phi) is 9.01. The van der Waals surface area contributed by atoms with Gasteiger partial charge < -0.3 is 9.80 Å². The largest absolute Gasteiger partial charge is 0.417 e. The van der Waals surface area contributed by atoms with Crippen molar-refractivity contribution >= 4 is 5.82 Å². The maximum atomic E-state index is 12.4. The first-order chi connectivity index (χ1) is 9.76. The summed E-state index contributed by atoms with van der Waals surface area (Å²) in [7, 11) is 3.90. The highest BCUT2D eigenvalue weighted by Gasteiger charge is 2.30. The smallest absolute Gasteiger partial charge is 0.356 e. The zero-order valence-corrected chi connectivity index (χ0v) is 13.5. The van der Waals surface area contributed by atoms with E-state index >= 15 is 0 Å². The summed E-state index contributed by atoms with van der Waals surface area (Å²) < 4.78 is 37.2. The van der Waals surface area contributed by atoms with Gasteiger partial charge in [-0.1, -0.05) is 20.3 Å². The van der Waals surface area contributed by atoms with Crippen LogP contribution in [0.15, 0.2) is 18.3 Å². The zero-order valence-electron chi connectivity index (χ0n) is 13.5. The molecule has 1 aromatic heterocycles. The first-order valence-electron chi connectivity index (χ1n) is 7.19.